The Morgan fingerprint density at radius 3 is 2.57 bits per heavy atom. The molecular weight excluding hydrogens is 394 g/mol. The molecule has 0 saturated heterocycles. The number of benzene rings is 2. The van der Waals surface area contributed by atoms with Crippen LogP contribution >= 0.6 is 0 Å². The van der Waals surface area contributed by atoms with Crippen molar-refractivity contribution in [3.05, 3.63) is 53.1 Å². The maximum atomic E-state index is 12.7. The van der Waals surface area contributed by atoms with Crippen LogP contribution in [0.15, 0.2) is 36.4 Å². The van der Waals surface area contributed by atoms with Crippen molar-refractivity contribution >= 4 is 6.03 Å². The Labute approximate surface area is 174 Å². The SMILES string of the molecule is COc1ccc(OC)c(C(C)NC(=O)NC2CCCc3cc(OC(F)F)ccc32)c1. The van der Waals surface area contributed by atoms with Gasteiger partial charge in [0.15, 0.2) is 0 Å². The average molecular weight is 420 g/mol. The Morgan fingerprint density at radius 2 is 1.87 bits per heavy atom. The third-order valence-electron chi connectivity index (χ3n) is 5.21. The van der Waals surface area contributed by atoms with E-state index in [4.69, 9.17) is 9.47 Å². The van der Waals surface area contributed by atoms with Gasteiger partial charge in [0.25, 0.3) is 0 Å². The van der Waals surface area contributed by atoms with Crippen molar-refractivity contribution in [3.8, 4) is 17.2 Å². The monoisotopic (exact) mass is 420 g/mol. The predicted octanol–water partition coefficient (Wildman–Crippen LogP) is 4.74. The number of fused-ring (bicyclic) bond motifs is 1. The molecule has 30 heavy (non-hydrogen) atoms. The smallest absolute Gasteiger partial charge is 0.387 e. The molecule has 3 rings (SSSR count). The lowest BCUT2D eigenvalue weighted by Crippen LogP contribution is -2.40. The van der Waals surface area contributed by atoms with Crippen molar-refractivity contribution in [2.24, 2.45) is 0 Å². The molecule has 2 amide bonds. The van der Waals surface area contributed by atoms with Gasteiger partial charge < -0.3 is 24.8 Å². The number of amides is 2. The summed E-state index contributed by atoms with van der Waals surface area (Å²) >= 11 is 0. The van der Waals surface area contributed by atoms with Crippen molar-refractivity contribution in [1.29, 1.82) is 0 Å². The van der Waals surface area contributed by atoms with E-state index in [0.29, 0.717) is 11.5 Å². The molecule has 2 atom stereocenters. The van der Waals surface area contributed by atoms with E-state index in [1.54, 1.807) is 38.5 Å². The van der Waals surface area contributed by atoms with Gasteiger partial charge >= 0.3 is 12.6 Å². The lowest BCUT2D eigenvalue weighted by molar-refractivity contribution is -0.0499. The zero-order valence-corrected chi connectivity index (χ0v) is 17.2. The van der Waals surface area contributed by atoms with Gasteiger partial charge in [-0.2, -0.15) is 8.78 Å². The van der Waals surface area contributed by atoms with Crippen LogP contribution < -0.4 is 24.8 Å². The molecule has 0 bridgehead atoms. The van der Waals surface area contributed by atoms with E-state index in [0.717, 1.165) is 36.0 Å². The van der Waals surface area contributed by atoms with E-state index < -0.39 is 6.61 Å². The van der Waals surface area contributed by atoms with E-state index >= 15 is 0 Å². The Kier molecular flexibility index (Phi) is 6.97. The second kappa shape index (κ2) is 9.65. The summed E-state index contributed by atoms with van der Waals surface area (Å²) < 4.78 is 40.1. The molecule has 0 saturated carbocycles. The maximum absolute atomic E-state index is 12.7. The van der Waals surface area contributed by atoms with Crippen LogP contribution in [0, 0.1) is 0 Å². The van der Waals surface area contributed by atoms with Crippen molar-refractivity contribution in [1.82, 2.24) is 10.6 Å². The Balaban J connectivity index is 1.69. The molecule has 0 radical (unpaired) electrons. The van der Waals surface area contributed by atoms with Crippen LogP contribution in [-0.2, 0) is 6.42 Å². The Hall–Kier alpha value is -3.03. The number of rotatable bonds is 7. The summed E-state index contributed by atoms with van der Waals surface area (Å²) in [4.78, 5) is 12.7. The summed E-state index contributed by atoms with van der Waals surface area (Å²) in [6, 6.07) is 9.44. The van der Waals surface area contributed by atoms with Crippen molar-refractivity contribution < 1.29 is 27.8 Å². The fourth-order valence-electron chi connectivity index (χ4n) is 3.77. The molecule has 0 heterocycles. The summed E-state index contributed by atoms with van der Waals surface area (Å²) in [6.07, 6.45) is 2.37. The van der Waals surface area contributed by atoms with Crippen LogP contribution in [-0.4, -0.2) is 26.9 Å². The molecule has 1 aliphatic carbocycles. The summed E-state index contributed by atoms with van der Waals surface area (Å²) in [6.45, 7) is -0.999. The van der Waals surface area contributed by atoms with Gasteiger partial charge in [-0.05, 0) is 67.6 Å². The number of methoxy groups -OCH3 is 2. The molecule has 2 N–H and O–H groups in total. The van der Waals surface area contributed by atoms with Crippen LogP contribution in [0.25, 0.3) is 0 Å². The van der Waals surface area contributed by atoms with Gasteiger partial charge in [-0.1, -0.05) is 6.07 Å². The summed E-state index contributed by atoms with van der Waals surface area (Å²) in [5.74, 6) is 1.45. The summed E-state index contributed by atoms with van der Waals surface area (Å²) in [7, 11) is 3.15. The van der Waals surface area contributed by atoms with Gasteiger partial charge in [0, 0.05) is 5.56 Å². The van der Waals surface area contributed by atoms with Crippen molar-refractivity contribution in [3.63, 3.8) is 0 Å². The van der Waals surface area contributed by atoms with Gasteiger partial charge in [0.1, 0.15) is 17.2 Å². The number of carbonyl (C=O) groups is 1. The van der Waals surface area contributed by atoms with Crippen LogP contribution in [0.5, 0.6) is 17.2 Å². The topological polar surface area (TPSA) is 68.8 Å². The molecule has 0 fully saturated rings. The first-order valence-electron chi connectivity index (χ1n) is 9.78. The number of aryl methyl sites for hydroxylation is 1. The molecule has 0 spiro atoms. The number of halogens is 2. The molecule has 0 aliphatic heterocycles. The largest absolute Gasteiger partial charge is 0.497 e. The molecule has 2 aromatic carbocycles. The number of ether oxygens (including phenoxy) is 3. The first-order valence-corrected chi connectivity index (χ1v) is 9.78. The third kappa shape index (κ3) is 5.11. The standard InChI is InChI=1S/C22H26F2N2O4/c1-13(18-12-15(28-2)8-10-20(18)29-3)25-22(27)26-19-6-4-5-14-11-16(30-21(23)24)7-9-17(14)19/h7-13,19,21H,4-6H2,1-3H3,(H2,25,26,27). The van der Waals surface area contributed by atoms with Crippen molar-refractivity contribution in [2.75, 3.05) is 14.2 Å². The minimum absolute atomic E-state index is 0.132. The van der Waals surface area contributed by atoms with Crippen LogP contribution in [0.4, 0.5) is 13.6 Å². The van der Waals surface area contributed by atoms with E-state index in [1.165, 1.54) is 6.07 Å². The van der Waals surface area contributed by atoms with E-state index in [1.807, 2.05) is 13.0 Å². The number of carbonyl (C=O) groups excluding carboxylic acids is 1. The minimum atomic E-state index is -2.86. The number of urea groups is 1. The zero-order valence-electron chi connectivity index (χ0n) is 17.2. The maximum Gasteiger partial charge on any atom is 0.387 e. The van der Waals surface area contributed by atoms with Gasteiger partial charge in [0.2, 0.25) is 0 Å². The molecule has 8 heteroatoms. The molecule has 6 nitrogen and oxygen atoms in total. The highest BCUT2D eigenvalue weighted by atomic mass is 19.3. The highest BCUT2D eigenvalue weighted by molar-refractivity contribution is 5.75. The number of hydrogen-bond donors (Lipinski definition) is 2. The second-order valence-corrected chi connectivity index (χ2v) is 7.13. The van der Waals surface area contributed by atoms with Gasteiger partial charge in [-0.25, -0.2) is 4.79 Å². The summed E-state index contributed by atoms with van der Waals surface area (Å²) in [5, 5.41) is 5.92. The van der Waals surface area contributed by atoms with Gasteiger partial charge in [-0.3, -0.25) is 0 Å². The molecule has 162 valence electrons. The Morgan fingerprint density at radius 1 is 1.10 bits per heavy atom. The minimum Gasteiger partial charge on any atom is -0.497 e. The highest BCUT2D eigenvalue weighted by Crippen LogP contribution is 2.33. The fourth-order valence-corrected chi connectivity index (χ4v) is 3.77. The summed E-state index contributed by atoms with van der Waals surface area (Å²) in [5.41, 5.74) is 2.63. The average Bonchev–Trinajstić information content (AvgIpc) is 2.72. The predicted molar refractivity (Wildman–Crippen MR) is 108 cm³/mol. The normalized spacial score (nSPS) is 16.4. The molecule has 2 aromatic rings. The quantitative estimate of drug-likeness (QED) is 0.679. The lowest BCUT2D eigenvalue weighted by atomic mass is 9.87. The zero-order chi connectivity index (χ0) is 21.7. The molecular formula is C22H26F2N2O4. The first kappa shape index (κ1) is 21.7. The van der Waals surface area contributed by atoms with Crippen LogP contribution in [0.2, 0.25) is 0 Å². The van der Waals surface area contributed by atoms with E-state index in [2.05, 4.69) is 15.4 Å². The molecule has 1 aliphatic rings. The molecule has 0 aromatic heterocycles. The van der Waals surface area contributed by atoms with Gasteiger partial charge in [0.05, 0.1) is 26.3 Å². The second-order valence-electron chi connectivity index (χ2n) is 7.13. The highest BCUT2D eigenvalue weighted by Gasteiger charge is 2.24. The number of alkyl halides is 2. The lowest BCUT2D eigenvalue weighted by Gasteiger charge is -2.28. The van der Waals surface area contributed by atoms with Crippen LogP contribution in [0.1, 0.15) is 48.5 Å². The van der Waals surface area contributed by atoms with E-state index in [-0.39, 0.29) is 23.9 Å². The van der Waals surface area contributed by atoms with Gasteiger partial charge in [-0.15, -0.1) is 0 Å². The third-order valence-corrected chi connectivity index (χ3v) is 5.21. The van der Waals surface area contributed by atoms with Crippen molar-refractivity contribution in [2.45, 2.75) is 44.9 Å². The van der Waals surface area contributed by atoms with Crippen LogP contribution in [0.3, 0.4) is 0 Å². The fraction of sp³-hybridized carbons (Fsp3) is 0.409. The number of nitrogens with one attached hydrogen (secondary N) is 2. The molecule has 2 unspecified atom stereocenters. The number of hydrogen-bond acceptors (Lipinski definition) is 4. The first-order chi connectivity index (χ1) is 14.4. The Bertz CT molecular complexity index is 891. The van der Waals surface area contributed by atoms with E-state index in [9.17, 15) is 13.6 Å².